The number of nitrogens with one attached hydrogen (secondary N) is 1. The Labute approximate surface area is 148 Å². The van der Waals surface area contributed by atoms with Crippen LogP contribution in [0.5, 0.6) is 5.75 Å². The van der Waals surface area contributed by atoms with Crippen LogP contribution in [-0.4, -0.2) is 53.3 Å². The molecule has 2 fully saturated rings. The minimum atomic E-state index is -0.0289. The third kappa shape index (κ3) is 3.75. The molecule has 0 bridgehead atoms. The molecule has 1 aromatic carbocycles. The van der Waals surface area contributed by atoms with Gasteiger partial charge in [-0.1, -0.05) is 12.1 Å². The molecule has 1 N–H and O–H groups in total. The molecule has 1 aromatic heterocycles. The Morgan fingerprint density at radius 2 is 2.08 bits per heavy atom. The quantitative estimate of drug-likeness (QED) is 0.901. The number of rotatable bonds is 5. The van der Waals surface area contributed by atoms with Crippen molar-refractivity contribution in [2.45, 2.75) is 31.0 Å². The van der Waals surface area contributed by atoms with Crippen molar-refractivity contribution in [2.24, 2.45) is 0 Å². The first-order valence-electron chi connectivity index (χ1n) is 8.77. The molecule has 2 saturated heterocycles. The van der Waals surface area contributed by atoms with E-state index in [2.05, 4.69) is 32.3 Å². The third-order valence-electron chi connectivity index (χ3n) is 5.07. The van der Waals surface area contributed by atoms with E-state index in [0.717, 1.165) is 38.2 Å². The van der Waals surface area contributed by atoms with Crippen LogP contribution in [0.25, 0.3) is 0 Å². The molecule has 0 amide bonds. The number of hydrogen-bond acceptors (Lipinski definition) is 6. The summed E-state index contributed by atoms with van der Waals surface area (Å²) in [6.07, 6.45) is 5.60. The van der Waals surface area contributed by atoms with E-state index < -0.39 is 0 Å². The molecule has 2 aliphatic heterocycles. The topological polar surface area (TPSA) is 59.5 Å². The Hall–Kier alpha value is -2.18. The Bertz CT molecular complexity index is 694. The zero-order valence-corrected chi connectivity index (χ0v) is 14.5. The van der Waals surface area contributed by atoms with Gasteiger partial charge in [-0.15, -0.1) is 0 Å². The molecular weight excluding hydrogens is 316 g/mol. The van der Waals surface area contributed by atoms with Crippen molar-refractivity contribution < 1.29 is 9.47 Å². The number of ether oxygens (including phenoxy) is 2. The summed E-state index contributed by atoms with van der Waals surface area (Å²) in [5.41, 5.74) is 1.28. The van der Waals surface area contributed by atoms with Gasteiger partial charge in [-0.25, -0.2) is 9.97 Å². The summed E-state index contributed by atoms with van der Waals surface area (Å²) in [4.78, 5) is 11.0. The minimum Gasteiger partial charge on any atom is -0.497 e. The maximum absolute atomic E-state index is 6.21. The van der Waals surface area contributed by atoms with E-state index in [4.69, 9.17) is 9.47 Å². The van der Waals surface area contributed by atoms with Crippen molar-refractivity contribution in [1.29, 1.82) is 0 Å². The van der Waals surface area contributed by atoms with E-state index in [-0.39, 0.29) is 11.6 Å². The van der Waals surface area contributed by atoms with Crippen LogP contribution in [-0.2, 0) is 11.3 Å². The summed E-state index contributed by atoms with van der Waals surface area (Å²) >= 11 is 0. The molecule has 132 valence electrons. The normalized spacial score (nSPS) is 26.2. The predicted molar refractivity (Wildman–Crippen MR) is 95.6 cm³/mol. The first-order valence-corrected chi connectivity index (χ1v) is 8.77. The Morgan fingerprint density at radius 3 is 2.84 bits per heavy atom. The van der Waals surface area contributed by atoms with Crippen LogP contribution in [0, 0.1) is 0 Å². The number of hydrogen-bond donors (Lipinski definition) is 1. The van der Waals surface area contributed by atoms with Crippen LogP contribution in [0.2, 0.25) is 0 Å². The maximum atomic E-state index is 6.21. The van der Waals surface area contributed by atoms with E-state index in [1.54, 1.807) is 19.5 Å². The van der Waals surface area contributed by atoms with E-state index in [9.17, 15) is 0 Å². The summed E-state index contributed by atoms with van der Waals surface area (Å²) in [6.45, 7) is 3.72. The van der Waals surface area contributed by atoms with Gasteiger partial charge in [-0.3, -0.25) is 4.90 Å². The Morgan fingerprint density at radius 1 is 1.28 bits per heavy atom. The molecule has 4 rings (SSSR count). The Kier molecular flexibility index (Phi) is 4.55. The number of anilines is 1. The molecular formula is C19H24N4O2. The van der Waals surface area contributed by atoms with Crippen LogP contribution in [0.15, 0.2) is 42.7 Å². The summed E-state index contributed by atoms with van der Waals surface area (Å²) in [7, 11) is 1.70. The fourth-order valence-electron chi connectivity index (χ4n) is 3.83. The number of benzene rings is 1. The largest absolute Gasteiger partial charge is 0.497 e. The van der Waals surface area contributed by atoms with Gasteiger partial charge in [0, 0.05) is 38.4 Å². The molecule has 2 aliphatic rings. The van der Waals surface area contributed by atoms with Crippen LogP contribution in [0.1, 0.15) is 18.4 Å². The van der Waals surface area contributed by atoms with E-state index in [1.165, 1.54) is 5.56 Å². The van der Waals surface area contributed by atoms with Gasteiger partial charge in [0.1, 0.15) is 5.75 Å². The lowest BCUT2D eigenvalue weighted by atomic mass is 9.97. The predicted octanol–water partition coefficient (Wildman–Crippen LogP) is 2.33. The summed E-state index contributed by atoms with van der Waals surface area (Å²) in [5, 5.41) is 3.39. The van der Waals surface area contributed by atoms with Crippen molar-refractivity contribution >= 4 is 5.95 Å². The summed E-state index contributed by atoms with van der Waals surface area (Å²) < 4.78 is 11.4. The van der Waals surface area contributed by atoms with Crippen molar-refractivity contribution in [3.63, 3.8) is 0 Å². The van der Waals surface area contributed by atoms with E-state index >= 15 is 0 Å². The maximum Gasteiger partial charge on any atom is 0.222 e. The van der Waals surface area contributed by atoms with Gasteiger partial charge >= 0.3 is 0 Å². The van der Waals surface area contributed by atoms with Crippen LogP contribution < -0.4 is 10.1 Å². The lowest BCUT2D eigenvalue weighted by Gasteiger charge is -2.23. The minimum absolute atomic E-state index is 0.0289. The van der Waals surface area contributed by atoms with Gasteiger partial charge in [-0.2, -0.15) is 0 Å². The molecule has 6 nitrogen and oxygen atoms in total. The van der Waals surface area contributed by atoms with Crippen molar-refractivity contribution in [1.82, 2.24) is 14.9 Å². The van der Waals surface area contributed by atoms with Crippen LogP contribution in [0.4, 0.5) is 5.95 Å². The van der Waals surface area contributed by atoms with Crippen LogP contribution >= 0.6 is 0 Å². The van der Waals surface area contributed by atoms with Gasteiger partial charge in [0.2, 0.25) is 5.95 Å². The number of methoxy groups -OCH3 is 1. The molecule has 1 spiro atoms. The fraction of sp³-hybridized carbons (Fsp3) is 0.474. The van der Waals surface area contributed by atoms with Crippen LogP contribution in [0.3, 0.4) is 0 Å². The zero-order valence-electron chi connectivity index (χ0n) is 14.5. The first kappa shape index (κ1) is 16.3. The average molecular weight is 340 g/mol. The molecule has 2 atom stereocenters. The van der Waals surface area contributed by atoms with E-state index in [0.29, 0.717) is 12.6 Å². The Balaban J connectivity index is 1.32. The molecule has 2 unspecified atom stereocenters. The van der Waals surface area contributed by atoms with Crippen molar-refractivity contribution in [3.05, 3.63) is 48.3 Å². The zero-order chi connectivity index (χ0) is 17.1. The van der Waals surface area contributed by atoms with E-state index in [1.807, 2.05) is 18.2 Å². The van der Waals surface area contributed by atoms with Gasteiger partial charge in [0.25, 0.3) is 0 Å². The molecule has 3 heterocycles. The highest BCUT2D eigenvalue weighted by molar-refractivity contribution is 5.28. The van der Waals surface area contributed by atoms with Crippen molar-refractivity contribution in [3.8, 4) is 5.75 Å². The summed E-state index contributed by atoms with van der Waals surface area (Å²) in [6, 6.07) is 10.4. The lowest BCUT2D eigenvalue weighted by molar-refractivity contribution is 0.0120. The third-order valence-corrected chi connectivity index (χ3v) is 5.07. The molecule has 6 heteroatoms. The second-order valence-corrected chi connectivity index (χ2v) is 6.92. The number of likely N-dealkylation sites (tertiary alicyclic amines) is 1. The molecule has 0 aliphatic carbocycles. The average Bonchev–Trinajstić information content (AvgIpc) is 3.23. The fourth-order valence-corrected chi connectivity index (χ4v) is 3.83. The standard InChI is InChI=1S/C19H24N4O2/c1-24-17-5-3-15(4-6-17)12-23-10-7-19(14-23)11-16(13-25-19)22-18-20-8-2-9-21-18/h2-6,8-9,16H,7,10-14H2,1H3,(H,20,21,22). The van der Waals surface area contributed by atoms with Gasteiger partial charge in [-0.05, 0) is 30.2 Å². The highest BCUT2D eigenvalue weighted by atomic mass is 16.5. The highest BCUT2D eigenvalue weighted by Gasteiger charge is 2.45. The highest BCUT2D eigenvalue weighted by Crippen LogP contribution is 2.36. The molecule has 25 heavy (non-hydrogen) atoms. The monoisotopic (exact) mass is 340 g/mol. The smallest absolute Gasteiger partial charge is 0.222 e. The molecule has 0 saturated carbocycles. The number of nitrogens with zero attached hydrogens (tertiary/aromatic N) is 3. The molecule has 0 radical (unpaired) electrons. The lowest BCUT2D eigenvalue weighted by Crippen LogP contribution is -2.33. The second-order valence-electron chi connectivity index (χ2n) is 6.92. The second kappa shape index (κ2) is 6.98. The number of aromatic nitrogens is 2. The van der Waals surface area contributed by atoms with Gasteiger partial charge in [0.15, 0.2) is 0 Å². The summed E-state index contributed by atoms with van der Waals surface area (Å²) in [5.74, 6) is 1.58. The van der Waals surface area contributed by atoms with Gasteiger partial charge < -0.3 is 14.8 Å². The van der Waals surface area contributed by atoms with Crippen molar-refractivity contribution in [2.75, 3.05) is 32.1 Å². The SMILES string of the molecule is COc1ccc(CN2CCC3(CC(Nc4ncccn4)CO3)C2)cc1. The van der Waals surface area contributed by atoms with Gasteiger partial charge in [0.05, 0.1) is 25.4 Å². The first-order chi connectivity index (χ1) is 12.2. The molecule has 2 aromatic rings.